The number of carbonyl (C=O) groups is 1. The first-order valence-corrected chi connectivity index (χ1v) is 13.5. The second kappa shape index (κ2) is 12.3. The van der Waals surface area contributed by atoms with Gasteiger partial charge in [-0.25, -0.2) is 4.98 Å². The Morgan fingerprint density at radius 1 is 1.00 bits per heavy atom. The van der Waals surface area contributed by atoms with Gasteiger partial charge in [-0.2, -0.15) is 13.2 Å². The summed E-state index contributed by atoms with van der Waals surface area (Å²) in [5, 5.41) is 6.85. The monoisotopic (exact) mass is 582 g/mol. The van der Waals surface area contributed by atoms with E-state index in [1.165, 1.54) is 19.2 Å². The number of aromatic nitrogens is 2. The molecule has 3 heterocycles. The van der Waals surface area contributed by atoms with Crippen molar-refractivity contribution in [2.45, 2.75) is 19.3 Å². The van der Waals surface area contributed by atoms with Crippen LogP contribution in [0.3, 0.4) is 0 Å². The van der Waals surface area contributed by atoms with Gasteiger partial charge >= 0.3 is 6.18 Å². The highest BCUT2D eigenvalue weighted by atomic mass is 19.4. The summed E-state index contributed by atoms with van der Waals surface area (Å²) in [6.45, 7) is 3.50. The maximum absolute atomic E-state index is 14.0. The zero-order valence-electron chi connectivity index (χ0n) is 23.6. The van der Waals surface area contributed by atoms with E-state index in [2.05, 4.69) is 25.5 Å². The maximum Gasteiger partial charge on any atom is 0.416 e. The number of amides is 1. The van der Waals surface area contributed by atoms with Crippen molar-refractivity contribution in [2.24, 2.45) is 0 Å². The van der Waals surface area contributed by atoms with E-state index in [9.17, 15) is 18.0 Å². The molecule has 1 fully saturated rings. The first kappa shape index (κ1) is 29.2. The average molecular weight is 583 g/mol. The highest BCUT2D eigenvalue weighted by Crippen LogP contribution is 2.34. The first-order chi connectivity index (χ1) is 20.1. The summed E-state index contributed by atoms with van der Waals surface area (Å²) in [4.78, 5) is 24.7. The smallest absolute Gasteiger partial charge is 0.416 e. The highest BCUT2D eigenvalue weighted by Gasteiger charge is 2.34. The molecular weight excluding hydrogens is 549 g/mol. The molecule has 1 aliphatic rings. The molecule has 12 heteroatoms. The number of rotatable bonds is 9. The molecule has 0 spiro atoms. The van der Waals surface area contributed by atoms with E-state index < -0.39 is 17.6 Å². The Hall–Kier alpha value is -4.29. The number of hydrogen-bond donors (Lipinski definition) is 3. The quantitative estimate of drug-likeness (QED) is 0.249. The van der Waals surface area contributed by atoms with Crippen LogP contribution in [0.2, 0.25) is 0 Å². The van der Waals surface area contributed by atoms with Gasteiger partial charge in [-0.05, 0) is 36.9 Å². The lowest BCUT2D eigenvalue weighted by atomic mass is 10.0. The maximum atomic E-state index is 14.0. The van der Waals surface area contributed by atoms with Crippen molar-refractivity contribution < 1.29 is 27.4 Å². The Bertz CT molecular complexity index is 1560. The molecule has 2 aromatic heterocycles. The van der Waals surface area contributed by atoms with Crippen molar-refractivity contribution >= 4 is 28.3 Å². The Labute approximate surface area is 241 Å². The van der Waals surface area contributed by atoms with Crippen LogP contribution in [-0.4, -0.2) is 73.1 Å². The lowest BCUT2D eigenvalue weighted by Gasteiger charge is -2.33. The second-order valence-corrected chi connectivity index (χ2v) is 10.3. The molecule has 9 nitrogen and oxygen atoms in total. The van der Waals surface area contributed by atoms with Crippen molar-refractivity contribution in [3.8, 4) is 11.5 Å². The minimum Gasteiger partial charge on any atom is -0.497 e. The van der Waals surface area contributed by atoms with Crippen molar-refractivity contribution in [2.75, 3.05) is 58.1 Å². The van der Waals surface area contributed by atoms with Gasteiger partial charge < -0.3 is 30.0 Å². The third-order valence-electron chi connectivity index (χ3n) is 7.37. The van der Waals surface area contributed by atoms with Crippen LogP contribution in [-0.2, 0) is 19.3 Å². The van der Waals surface area contributed by atoms with Crippen molar-refractivity contribution in [1.82, 2.24) is 19.8 Å². The number of benzene rings is 2. The number of alkyl halides is 3. The van der Waals surface area contributed by atoms with E-state index >= 15 is 0 Å². The molecule has 0 unspecified atom stereocenters. The highest BCUT2D eigenvalue weighted by molar-refractivity contribution is 6.04. The number of anilines is 2. The zero-order valence-corrected chi connectivity index (χ0v) is 23.6. The lowest BCUT2D eigenvalue weighted by molar-refractivity contribution is -0.138. The summed E-state index contributed by atoms with van der Waals surface area (Å²) in [6.07, 6.45) is -1.10. The number of hydrogen-bond acceptors (Lipinski definition) is 7. The fraction of sp³-hybridized carbons (Fsp3) is 0.333. The molecule has 2 aromatic carbocycles. The second-order valence-electron chi connectivity index (χ2n) is 10.3. The fourth-order valence-corrected chi connectivity index (χ4v) is 5.05. The Morgan fingerprint density at radius 3 is 2.48 bits per heavy atom. The van der Waals surface area contributed by atoms with Gasteiger partial charge in [0, 0.05) is 86.3 Å². The number of nitrogens with zero attached hydrogens (tertiary/aromatic N) is 3. The summed E-state index contributed by atoms with van der Waals surface area (Å²) in [5.74, 6) is 0.483. The molecule has 0 radical (unpaired) electrons. The number of carbonyl (C=O) groups excluding carboxylic acids is 1. The minimum atomic E-state index is -4.59. The van der Waals surface area contributed by atoms with Crippen LogP contribution in [0.25, 0.3) is 11.0 Å². The number of pyridine rings is 1. The molecule has 4 aromatic rings. The SMILES string of the molecule is COc1cc(NCc2cnc3[nH]ccc3c2OC)cc(NC(=O)c2ccc(CN3CCN(C)CC3)c(C(F)(F)F)c2)c1. The number of piperazine rings is 1. The van der Waals surface area contributed by atoms with Crippen LogP contribution in [0.5, 0.6) is 11.5 Å². The van der Waals surface area contributed by atoms with E-state index in [0.29, 0.717) is 48.2 Å². The molecule has 5 rings (SSSR count). The number of halogens is 3. The lowest BCUT2D eigenvalue weighted by Crippen LogP contribution is -2.44. The van der Waals surface area contributed by atoms with E-state index in [4.69, 9.17) is 9.47 Å². The zero-order chi connectivity index (χ0) is 29.9. The molecular formula is C30H33F3N6O3. The van der Waals surface area contributed by atoms with Crippen LogP contribution >= 0.6 is 0 Å². The van der Waals surface area contributed by atoms with Crippen molar-refractivity contribution in [1.29, 1.82) is 0 Å². The first-order valence-electron chi connectivity index (χ1n) is 13.5. The molecule has 1 amide bonds. The van der Waals surface area contributed by atoms with Crippen LogP contribution in [0.1, 0.15) is 27.0 Å². The molecule has 1 saturated heterocycles. The average Bonchev–Trinajstić information content (AvgIpc) is 3.45. The van der Waals surface area contributed by atoms with E-state index in [1.54, 1.807) is 37.7 Å². The fourth-order valence-electron chi connectivity index (χ4n) is 5.05. The van der Waals surface area contributed by atoms with Gasteiger partial charge in [0.1, 0.15) is 17.1 Å². The van der Waals surface area contributed by atoms with Gasteiger partial charge in [0.05, 0.1) is 25.2 Å². The van der Waals surface area contributed by atoms with Gasteiger partial charge in [0.25, 0.3) is 5.91 Å². The van der Waals surface area contributed by atoms with Gasteiger partial charge in [0.2, 0.25) is 0 Å². The van der Waals surface area contributed by atoms with Crippen LogP contribution in [0.15, 0.2) is 54.9 Å². The number of fused-ring (bicyclic) bond motifs is 1. The molecule has 222 valence electrons. The summed E-state index contributed by atoms with van der Waals surface area (Å²) in [7, 11) is 5.07. The van der Waals surface area contributed by atoms with E-state index in [-0.39, 0.29) is 17.7 Å². The number of nitrogens with one attached hydrogen (secondary N) is 3. The van der Waals surface area contributed by atoms with Crippen molar-refractivity contribution in [3.05, 3.63) is 77.1 Å². The Balaban J connectivity index is 1.33. The number of methoxy groups -OCH3 is 2. The summed E-state index contributed by atoms with van der Waals surface area (Å²) in [5.41, 5.74) is 1.78. The van der Waals surface area contributed by atoms with E-state index in [1.807, 2.05) is 18.0 Å². The largest absolute Gasteiger partial charge is 0.497 e. The normalized spacial score (nSPS) is 14.6. The van der Waals surface area contributed by atoms with Crippen LogP contribution < -0.4 is 20.1 Å². The summed E-state index contributed by atoms with van der Waals surface area (Å²) < 4.78 is 53.1. The Morgan fingerprint density at radius 2 is 1.76 bits per heavy atom. The predicted molar refractivity (Wildman–Crippen MR) is 155 cm³/mol. The number of aromatic amines is 1. The molecule has 0 bridgehead atoms. The van der Waals surface area contributed by atoms with Gasteiger partial charge in [-0.3, -0.25) is 9.69 Å². The molecule has 3 N–H and O–H groups in total. The van der Waals surface area contributed by atoms with E-state index in [0.717, 1.165) is 30.1 Å². The third-order valence-corrected chi connectivity index (χ3v) is 7.37. The predicted octanol–water partition coefficient (Wildman–Crippen LogP) is 5.21. The summed E-state index contributed by atoms with van der Waals surface area (Å²) >= 11 is 0. The summed E-state index contributed by atoms with van der Waals surface area (Å²) in [6, 6.07) is 10.7. The molecule has 0 aliphatic carbocycles. The number of likely N-dealkylation sites (N-methyl/N-ethyl adjacent to an activating group) is 1. The number of ether oxygens (including phenoxy) is 2. The van der Waals surface area contributed by atoms with Gasteiger partial charge in [-0.1, -0.05) is 6.07 Å². The van der Waals surface area contributed by atoms with Crippen molar-refractivity contribution in [3.63, 3.8) is 0 Å². The van der Waals surface area contributed by atoms with Gasteiger partial charge in [-0.15, -0.1) is 0 Å². The third kappa shape index (κ3) is 6.60. The van der Waals surface area contributed by atoms with Crippen LogP contribution in [0, 0.1) is 0 Å². The Kier molecular flexibility index (Phi) is 8.55. The van der Waals surface area contributed by atoms with Gasteiger partial charge in [0.15, 0.2) is 0 Å². The standard InChI is InChI=1S/C30H33F3N6O3/c1-38-8-10-39(11-9-38)18-20-5-4-19(12-26(20)30(31,32)33)29(40)37-23-13-22(14-24(15-23)41-2)35-16-21-17-36-28-25(6-7-34-28)27(21)42-3/h4-7,12-15,17,35H,8-11,16,18H2,1-3H3,(H,34,36)(H,37,40). The topological polar surface area (TPSA) is 94.8 Å². The number of H-pyrrole nitrogens is 1. The molecule has 0 saturated carbocycles. The minimum absolute atomic E-state index is 0.0857. The molecule has 42 heavy (non-hydrogen) atoms. The molecule has 1 aliphatic heterocycles. The van der Waals surface area contributed by atoms with Crippen LogP contribution in [0.4, 0.5) is 24.5 Å². The molecule has 0 atom stereocenters.